The van der Waals surface area contributed by atoms with Crippen LogP contribution in [0.3, 0.4) is 0 Å². The minimum absolute atomic E-state index is 0.00219. The van der Waals surface area contributed by atoms with Gasteiger partial charge >= 0.3 is 0 Å². The van der Waals surface area contributed by atoms with E-state index >= 15 is 0 Å². The zero-order chi connectivity index (χ0) is 15.3. The van der Waals surface area contributed by atoms with Crippen molar-refractivity contribution in [3.05, 3.63) is 35.9 Å². The summed E-state index contributed by atoms with van der Waals surface area (Å²) >= 11 is 0. The first-order chi connectivity index (χ1) is 9.96. The molecule has 1 aliphatic carbocycles. The van der Waals surface area contributed by atoms with Crippen molar-refractivity contribution in [3.63, 3.8) is 0 Å². The Balaban J connectivity index is 1.95. The standard InChI is InChI=1S/C16H25NO3S/c1-13(18)10-16(15-8-3-2-4-9-15)11-17-21(19,20)12-14-6-5-7-14/h2-4,8-9,13-14,16-18H,5-7,10-12H2,1H3. The zero-order valence-corrected chi connectivity index (χ0v) is 13.3. The Morgan fingerprint density at radius 3 is 2.48 bits per heavy atom. The molecular weight excluding hydrogens is 286 g/mol. The molecule has 4 nitrogen and oxygen atoms in total. The minimum atomic E-state index is -3.21. The lowest BCUT2D eigenvalue weighted by Crippen LogP contribution is -2.35. The van der Waals surface area contributed by atoms with E-state index in [2.05, 4.69) is 4.72 Å². The van der Waals surface area contributed by atoms with Gasteiger partial charge < -0.3 is 5.11 Å². The third-order valence-corrected chi connectivity index (χ3v) is 5.64. The molecule has 2 N–H and O–H groups in total. The van der Waals surface area contributed by atoms with E-state index in [1.807, 2.05) is 30.3 Å². The molecule has 5 heteroatoms. The van der Waals surface area contributed by atoms with Gasteiger partial charge in [-0.1, -0.05) is 36.8 Å². The molecule has 1 aromatic rings. The first-order valence-corrected chi connectivity index (χ1v) is 9.32. The number of rotatable bonds is 8. The molecule has 21 heavy (non-hydrogen) atoms. The average Bonchev–Trinajstić information content (AvgIpc) is 2.40. The molecule has 0 aliphatic heterocycles. The van der Waals surface area contributed by atoms with Gasteiger partial charge in [0.05, 0.1) is 11.9 Å². The molecule has 0 spiro atoms. The first kappa shape index (κ1) is 16.5. The fourth-order valence-electron chi connectivity index (χ4n) is 2.73. The van der Waals surface area contributed by atoms with Crippen LogP contribution in [-0.2, 0) is 10.0 Å². The molecule has 1 saturated carbocycles. The predicted octanol–water partition coefficient (Wildman–Crippen LogP) is 2.26. The summed E-state index contributed by atoms with van der Waals surface area (Å²) in [6.45, 7) is 2.09. The van der Waals surface area contributed by atoms with E-state index in [0.29, 0.717) is 18.9 Å². The zero-order valence-electron chi connectivity index (χ0n) is 12.5. The van der Waals surface area contributed by atoms with Crippen molar-refractivity contribution in [1.29, 1.82) is 0 Å². The largest absolute Gasteiger partial charge is 0.393 e. The molecule has 0 radical (unpaired) electrons. The summed E-state index contributed by atoms with van der Waals surface area (Å²) in [6, 6.07) is 9.77. The number of hydrogen-bond donors (Lipinski definition) is 2. The van der Waals surface area contributed by atoms with E-state index in [-0.39, 0.29) is 11.7 Å². The Labute approximate surface area is 127 Å². The van der Waals surface area contributed by atoms with Gasteiger partial charge in [-0.15, -0.1) is 0 Å². The Hall–Kier alpha value is -0.910. The molecule has 2 atom stereocenters. The van der Waals surface area contributed by atoms with Crippen molar-refractivity contribution in [2.45, 2.75) is 44.6 Å². The van der Waals surface area contributed by atoms with Crippen LogP contribution in [0.15, 0.2) is 30.3 Å². The number of aliphatic hydroxyl groups is 1. The Morgan fingerprint density at radius 2 is 1.95 bits per heavy atom. The van der Waals surface area contributed by atoms with Gasteiger partial charge in [0, 0.05) is 6.54 Å². The topological polar surface area (TPSA) is 66.4 Å². The van der Waals surface area contributed by atoms with Crippen LogP contribution in [0.1, 0.15) is 44.1 Å². The van der Waals surface area contributed by atoms with Crippen LogP contribution in [0, 0.1) is 5.92 Å². The second-order valence-corrected chi connectivity index (χ2v) is 7.97. The molecular formula is C16H25NO3S. The van der Waals surface area contributed by atoms with Gasteiger partial charge in [0.2, 0.25) is 10.0 Å². The van der Waals surface area contributed by atoms with Crippen LogP contribution in [-0.4, -0.2) is 31.9 Å². The van der Waals surface area contributed by atoms with E-state index in [1.165, 1.54) is 0 Å². The number of hydrogen-bond acceptors (Lipinski definition) is 3. The Bertz CT molecular complexity index is 524. The van der Waals surface area contributed by atoms with Crippen molar-refractivity contribution in [2.24, 2.45) is 5.92 Å². The van der Waals surface area contributed by atoms with Crippen LogP contribution in [0.5, 0.6) is 0 Å². The van der Waals surface area contributed by atoms with Crippen LogP contribution in [0.25, 0.3) is 0 Å². The average molecular weight is 311 g/mol. The Morgan fingerprint density at radius 1 is 1.29 bits per heavy atom. The highest BCUT2D eigenvalue weighted by atomic mass is 32.2. The molecule has 2 unspecified atom stereocenters. The summed E-state index contributed by atoms with van der Waals surface area (Å²) in [6.07, 6.45) is 3.30. The van der Waals surface area contributed by atoms with Crippen LogP contribution in [0.4, 0.5) is 0 Å². The second kappa shape index (κ2) is 7.38. The van der Waals surface area contributed by atoms with Crippen LogP contribution < -0.4 is 4.72 Å². The quantitative estimate of drug-likeness (QED) is 0.774. The molecule has 0 heterocycles. The maximum atomic E-state index is 12.1. The predicted molar refractivity (Wildman–Crippen MR) is 84.6 cm³/mol. The summed E-state index contributed by atoms with van der Waals surface area (Å²) in [7, 11) is -3.21. The fraction of sp³-hybridized carbons (Fsp3) is 0.625. The van der Waals surface area contributed by atoms with Crippen molar-refractivity contribution in [1.82, 2.24) is 4.72 Å². The first-order valence-electron chi connectivity index (χ1n) is 7.66. The highest BCUT2D eigenvalue weighted by Gasteiger charge is 2.25. The van der Waals surface area contributed by atoms with E-state index in [0.717, 1.165) is 24.8 Å². The third kappa shape index (κ3) is 5.41. The van der Waals surface area contributed by atoms with Gasteiger partial charge in [-0.05, 0) is 43.6 Å². The lowest BCUT2D eigenvalue weighted by atomic mass is 9.87. The summed E-state index contributed by atoms with van der Waals surface area (Å²) in [4.78, 5) is 0. The van der Waals surface area contributed by atoms with E-state index in [9.17, 15) is 13.5 Å². The van der Waals surface area contributed by atoms with Gasteiger partial charge in [-0.2, -0.15) is 0 Å². The number of sulfonamides is 1. The van der Waals surface area contributed by atoms with Gasteiger partial charge in [0.1, 0.15) is 0 Å². The van der Waals surface area contributed by atoms with E-state index < -0.39 is 16.1 Å². The smallest absolute Gasteiger partial charge is 0.211 e. The normalized spacial score (nSPS) is 19.0. The SMILES string of the molecule is CC(O)CC(CNS(=O)(=O)CC1CCC1)c1ccccc1. The van der Waals surface area contributed by atoms with Crippen molar-refractivity contribution in [2.75, 3.05) is 12.3 Å². The van der Waals surface area contributed by atoms with Crippen molar-refractivity contribution >= 4 is 10.0 Å². The van der Waals surface area contributed by atoms with Crippen LogP contribution in [0.2, 0.25) is 0 Å². The molecule has 1 aliphatic rings. The maximum Gasteiger partial charge on any atom is 0.211 e. The molecule has 1 aromatic carbocycles. The van der Waals surface area contributed by atoms with Gasteiger partial charge in [-0.3, -0.25) is 0 Å². The molecule has 0 saturated heterocycles. The summed E-state index contributed by atoms with van der Waals surface area (Å²) in [5, 5.41) is 9.63. The second-order valence-electron chi connectivity index (χ2n) is 6.12. The fourth-order valence-corrected chi connectivity index (χ4v) is 4.26. The maximum absolute atomic E-state index is 12.1. The number of benzene rings is 1. The summed E-state index contributed by atoms with van der Waals surface area (Å²) in [5.74, 6) is 0.570. The number of aliphatic hydroxyl groups excluding tert-OH is 1. The number of nitrogens with one attached hydrogen (secondary N) is 1. The Kier molecular flexibility index (Phi) is 5.79. The molecule has 1 fully saturated rings. The minimum Gasteiger partial charge on any atom is -0.393 e. The van der Waals surface area contributed by atoms with E-state index in [4.69, 9.17) is 0 Å². The molecule has 2 rings (SSSR count). The van der Waals surface area contributed by atoms with Gasteiger partial charge in [-0.25, -0.2) is 13.1 Å². The molecule has 0 bridgehead atoms. The highest BCUT2D eigenvalue weighted by Crippen LogP contribution is 2.27. The molecule has 0 amide bonds. The lowest BCUT2D eigenvalue weighted by molar-refractivity contribution is 0.174. The van der Waals surface area contributed by atoms with Crippen molar-refractivity contribution in [3.8, 4) is 0 Å². The summed E-state index contributed by atoms with van der Waals surface area (Å²) in [5.41, 5.74) is 1.06. The molecule has 0 aromatic heterocycles. The third-order valence-electron chi connectivity index (χ3n) is 4.13. The monoisotopic (exact) mass is 311 g/mol. The van der Waals surface area contributed by atoms with Crippen molar-refractivity contribution < 1.29 is 13.5 Å². The highest BCUT2D eigenvalue weighted by molar-refractivity contribution is 7.89. The summed E-state index contributed by atoms with van der Waals surface area (Å²) < 4.78 is 26.9. The van der Waals surface area contributed by atoms with Gasteiger partial charge in [0.25, 0.3) is 0 Å². The molecule has 118 valence electrons. The van der Waals surface area contributed by atoms with Crippen LogP contribution >= 0.6 is 0 Å². The lowest BCUT2D eigenvalue weighted by Gasteiger charge is -2.26. The van der Waals surface area contributed by atoms with E-state index in [1.54, 1.807) is 6.92 Å². The van der Waals surface area contributed by atoms with Gasteiger partial charge in [0.15, 0.2) is 0 Å².